The minimum absolute atomic E-state index is 0.553. The third kappa shape index (κ3) is 6.78. The van der Waals surface area contributed by atoms with Gasteiger partial charge in [-0.1, -0.05) is 37.1 Å². The maximum absolute atomic E-state index is 6.00. The van der Waals surface area contributed by atoms with Crippen LogP contribution in [0.25, 0.3) is 0 Å². The van der Waals surface area contributed by atoms with Gasteiger partial charge in [-0.25, -0.2) is 4.99 Å². The first-order valence-corrected chi connectivity index (χ1v) is 9.36. The lowest BCUT2D eigenvalue weighted by Gasteiger charge is -2.13. The smallest absolute Gasteiger partial charge is 0.191 e. The van der Waals surface area contributed by atoms with Gasteiger partial charge in [-0.05, 0) is 31.9 Å². The summed E-state index contributed by atoms with van der Waals surface area (Å²) in [6.45, 7) is 8.98. The van der Waals surface area contributed by atoms with Crippen LogP contribution in [0.4, 0.5) is 0 Å². The Morgan fingerprint density at radius 1 is 1.19 bits per heavy atom. The standard InChI is InChI=1S/C20H30N4O2/c1-4-6-7-11-25-19-13-16(3)8-9-17(19)14-22-20(21-5-2)23-15-18-10-12-26-24-18/h8-10,12-13H,4-7,11,14-15H2,1-3H3,(H2,21,22,23). The van der Waals surface area contributed by atoms with Crippen LogP contribution in [0, 0.1) is 6.92 Å². The van der Waals surface area contributed by atoms with Crippen LogP contribution in [-0.2, 0) is 13.1 Å². The number of aromatic nitrogens is 1. The molecule has 6 nitrogen and oxygen atoms in total. The Morgan fingerprint density at radius 2 is 2.08 bits per heavy atom. The van der Waals surface area contributed by atoms with Gasteiger partial charge in [0.15, 0.2) is 5.96 Å². The largest absolute Gasteiger partial charge is 0.493 e. The number of hydrogen-bond acceptors (Lipinski definition) is 4. The van der Waals surface area contributed by atoms with Crippen molar-refractivity contribution in [1.82, 2.24) is 15.8 Å². The molecule has 26 heavy (non-hydrogen) atoms. The van der Waals surface area contributed by atoms with Crippen LogP contribution in [0.5, 0.6) is 5.75 Å². The minimum atomic E-state index is 0.553. The van der Waals surface area contributed by atoms with Crippen molar-refractivity contribution in [3.63, 3.8) is 0 Å². The summed E-state index contributed by atoms with van der Waals surface area (Å²) in [5.74, 6) is 1.67. The van der Waals surface area contributed by atoms with Crippen molar-refractivity contribution in [3.05, 3.63) is 47.3 Å². The third-order valence-corrected chi connectivity index (χ3v) is 3.91. The summed E-state index contributed by atoms with van der Waals surface area (Å²) in [4.78, 5) is 4.67. The molecule has 1 aromatic heterocycles. The molecular formula is C20H30N4O2. The molecule has 1 heterocycles. The quantitative estimate of drug-likeness (QED) is 0.384. The average Bonchev–Trinajstić information content (AvgIpc) is 3.16. The van der Waals surface area contributed by atoms with Crippen molar-refractivity contribution < 1.29 is 9.26 Å². The van der Waals surface area contributed by atoms with Crippen molar-refractivity contribution in [1.29, 1.82) is 0 Å². The van der Waals surface area contributed by atoms with Gasteiger partial charge in [0, 0.05) is 18.2 Å². The van der Waals surface area contributed by atoms with E-state index in [1.54, 1.807) is 6.26 Å². The molecular weight excluding hydrogens is 328 g/mol. The number of aryl methyl sites for hydroxylation is 1. The Hall–Kier alpha value is -2.50. The molecule has 0 fully saturated rings. The van der Waals surface area contributed by atoms with E-state index in [-0.39, 0.29) is 0 Å². The summed E-state index contributed by atoms with van der Waals surface area (Å²) < 4.78 is 10.8. The molecule has 2 aromatic rings. The van der Waals surface area contributed by atoms with Crippen molar-refractivity contribution in [2.24, 2.45) is 4.99 Å². The van der Waals surface area contributed by atoms with Crippen molar-refractivity contribution in [3.8, 4) is 5.75 Å². The lowest BCUT2D eigenvalue weighted by Crippen LogP contribution is -2.36. The summed E-state index contributed by atoms with van der Waals surface area (Å²) in [7, 11) is 0. The van der Waals surface area contributed by atoms with Crippen LogP contribution in [0.1, 0.15) is 49.9 Å². The number of nitrogens with one attached hydrogen (secondary N) is 2. The zero-order valence-corrected chi connectivity index (χ0v) is 16.0. The normalized spacial score (nSPS) is 11.4. The minimum Gasteiger partial charge on any atom is -0.493 e. The first kappa shape index (κ1) is 19.8. The molecule has 0 radical (unpaired) electrons. The number of benzene rings is 1. The summed E-state index contributed by atoms with van der Waals surface area (Å²) in [6, 6.07) is 8.11. The topological polar surface area (TPSA) is 71.7 Å². The number of nitrogens with zero attached hydrogens (tertiary/aromatic N) is 2. The second-order valence-electron chi connectivity index (χ2n) is 6.21. The molecule has 0 atom stereocenters. The molecule has 0 unspecified atom stereocenters. The van der Waals surface area contributed by atoms with Crippen LogP contribution in [0.3, 0.4) is 0 Å². The Morgan fingerprint density at radius 3 is 2.81 bits per heavy atom. The number of guanidine groups is 1. The molecule has 0 amide bonds. The third-order valence-electron chi connectivity index (χ3n) is 3.91. The second-order valence-corrected chi connectivity index (χ2v) is 6.21. The van der Waals surface area contributed by atoms with Gasteiger partial charge in [0.25, 0.3) is 0 Å². The molecule has 0 saturated carbocycles. The highest BCUT2D eigenvalue weighted by Crippen LogP contribution is 2.21. The maximum atomic E-state index is 6.00. The van der Waals surface area contributed by atoms with Crippen LogP contribution < -0.4 is 15.4 Å². The first-order chi connectivity index (χ1) is 12.7. The Labute approximate surface area is 156 Å². The maximum Gasteiger partial charge on any atom is 0.191 e. The van der Waals surface area contributed by atoms with E-state index in [9.17, 15) is 0 Å². The van der Waals surface area contributed by atoms with Gasteiger partial charge in [0.05, 0.1) is 19.7 Å². The highest BCUT2D eigenvalue weighted by molar-refractivity contribution is 5.79. The highest BCUT2D eigenvalue weighted by atomic mass is 16.5. The SMILES string of the molecule is CCCCCOc1cc(C)ccc1CN=C(NCC)NCc1ccon1. The van der Waals surface area contributed by atoms with E-state index in [2.05, 4.69) is 52.8 Å². The summed E-state index contributed by atoms with van der Waals surface area (Å²) in [5.41, 5.74) is 3.12. The van der Waals surface area contributed by atoms with Gasteiger partial charge in [-0.2, -0.15) is 0 Å². The van der Waals surface area contributed by atoms with Gasteiger partial charge in [-0.3, -0.25) is 0 Å². The van der Waals surface area contributed by atoms with Crippen molar-refractivity contribution >= 4 is 5.96 Å². The number of unbranched alkanes of at least 4 members (excludes halogenated alkanes) is 2. The van der Waals surface area contributed by atoms with Crippen LogP contribution in [-0.4, -0.2) is 24.3 Å². The van der Waals surface area contributed by atoms with E-state index >= 15 is 0 Å². The molecule has 0 spiro atoms. The molecule has 2 rings (SSSR count). The lowest BCUT2D eigenvalue weighted by molar-refractivity contribution is 0.303. The van der Waals surface area contributed by atoms with Crippen LogP contribution in [0.15, 0.2) is 40.0 Å². The number of ether oxygens (including phenoxy) is 1. The number of hydrogen-bond donors (Lipinski definition) is 2. The first-order valence-electron chi connectivity index (χ1n) is 9.36. The van der Waals surface area contributed by atoms with Gasteiger partial charge in [0.2, 0.25) is 0 Å². The van der Waals surface area contributed by atoms with Crippen LogP contribution >= 0.6 is 0 Å². The van der Waals surface area contributed by atoms with Gasteiger partial charge in [-0.15, -0.1) is 0 Å². The number of aliphatic imine (C=N–C) groups is 1. The summed E-state index contributed by atoms with van der Waals surface area (Å²) in [6.07, 6.45) is 5.03. The summed E-state index contributed by atoms with van der Waals surface area (Å²) in [5, 5.41) is 10.4. The fourth-order valence-corrected chi connectivity index (χ4v) is 2.47. The average molecular weight is 358 g/mol. The van der Waals surface area contributed by atoms with Crippen LogP contribution in [0.2, 0.25) is 0 Å². The predicted molar refractivity (Wildman–Crippen MR) is 104 cm³/mol. The fourth-order valence-electron chi connectivity index (χ4n) is 2.47. The molecule has 6 heteroatoms. The Balaban J connectivity index is 1.99. The molecule has 142 valence electrons. The zero-order valence-electron chi connectivity index (χ0n) is 16.0. The van der Waals surface area contributed by atoms with E-state index in [0.717, 1.165) is 42.5 Å². The summed E-state index contributed by atoms with van der Waals surface area (Å²) >= 11 is 0. The molecule has 0 aliphatic rings. The van der Waals surface area contributed by atoms with Gasteiger partial charge < -0.3 is 19.9 Å². The fraction of sp³-hybridized carbons (Fsp3) is 0.500. The Kier molecular flexibility index (Phi) is 8.52. The van der Waals surface area contributed by atoms with E-state index in [0.29, 0.717) is 13.1 Å². The van der Waals surface area contributed by atoms with Crippen molar-refractivity contribution in [2.45, 2.75) is 53.1 Å². The molecule has 0 bridgehead atoms. The molecule has 0 saturated heterocycles. The highest BCUT2D eigenvalue weighted by Gasteiger charge is 2.06. The van der Waals surface area contributed by atoms with E-state index in [4.69, 9.17) is 9.26 Å². The van der Waals surface area contributed by atoms with E-state index in [1.165, 1.54) is 18.4 Å². The molecule has 0 aliphatic carbocycles. The Bertz CT molecular complexity index is 668. The second kappa shape index (κ2) is 11.2. The predicted octanol–water partition coefficient (Wildman–Crippen LogP) is 3.81. The molecule has 2 N–H and O–H groups in total. The van der Waals surface area contributed by atoms with E-state index in [1.807, 2.05) is 13.0 Å². The van der Waals surface area contributed by atoms with Gasteiger partial charge >= 0.3 is 0 Å². The molecule has 0 aliphatic heterocycles. The lowest BCUT2D eigenvalue weighted by atomic mass is 10.1. The van der Waals surface area contributed by atoms with Crippen molar-refractivity contribution in [2.75, 3.05) is 13.2 Å². The molecule has 1 aromatic carbocycles. The zero-order chi connectivity index (χ0) is 18.6. The van der Waals surface area contributed by atoms with E-state index < -0.39 is 0 Å². The van der Waals surface area contributed by atoms with Gasteiger partial charge in [0.1, 0.15) is 17.7 Å². The number of rotatable bonds is 10. The monoisotopic (exact) mass is 358 g/mol.